The van der Waals surface area contributed by atoms with Gasteiger partial charge in [0.25, 0.3) is 15.8 Å². The highest BCUT2D eigenvalue weighted by Crippen LogP contribution is 2.39. The van der Waals surface area contributed by atoms with Crippen molar-refractivity contribution in [1.29, 1.82) is 0 Å². The largest absolute Gasteiger partial charge is 0.452 e. The standard InChI is InChI=1S/C12H13BrN2O7S/c1-21-12(16)14-6-9(22-23(2,19)20)4-7-3-8(13)5-10(11(7)14)15(17)18/h3,5,9H,4,6H2,1-2H3/t9-/m0/s1. The molecule has 1 aliphatic rings. The van der Waals surface area contributed by atoms with E-state index in [0.717, 1.165) is 18.3 Å². The van der Waals surface area contributed by atoms with Crippen molar-refractivity contribution < 1.29 is 27.1 Å². The fourth-order valence-electron chi connectivity index (χ4n) is 2.44. The summed E-state index contributed by atoms with van der Waals surface area (Å²) in [5, 5.41) is 11.3. The Morgan fingerprint density at radius 1 is 1.48 bits per heavy atom. The SMILES string of the molecule is COC(=O)N1C[C@@H](OS(C)(=O)=O)Cc2cc(Br)cc([N+](=O)[O-])c21. The first kappa shape index (κ1) is 17.6. The number of nitrogens with zero attached hydrogens (tertiary/aromatic N) is 2. The van der Waals surface area contributed by atoms with E-state index < -0.39 is 27.2 Å². The minimum Gasteiger partial charge on any atom is -0.452 e. The Hall–Kier alpha value is -1.72. The molecule has 1 aromatic carbocycles. The van der Waals surface area contributed by atoms with Crippen LogP contribution in [0.1, 0.15) is 5.56 Å². The molecule has 0 spiro atoms. The number of anilines is 1. The Labute approximate surface area is 140 Å². The molecule has 126 valence electrons. The van der Waals surface area contributed by atoms with Gasteiger partial charge >= 0.3 is 6.09 Å². The summed E-state index contributed by atoms with van der Waals surface area (Å²) in [6, 6.07) is 2.85. The van der Waals surface area contributed by atoms with Gasteiger partial charge in [0.05, 0.1) is 30.9 Å². The number of hydrogen-bond acceptors (Lipinski definition) is 7. The molecule has 9 nitrogen and oxygen atoms in total. The molecule has 1 heterocycles. The molecule has 0 unspecified atom stereocenters. The van der Waals surface area contributed by atoms with Crippen molar-refractivity contribution in [1.82, 2.24) is 0 Å². The van der Waals surface area contributed by atoms with Gasteiger partial charge in [0, 0.05) is 17.0 Å². The zero-order chi connectivity index (χ0) is 17.4. The third kappa shape index (κ3) is 3.98. The molecule has 0 fully saturated rings. The number of ether oxygens (including phenoxy) is 1. The number of nitro groups is 1. The van der Waals surface area contributed by atoms with E-state index in [1.807, 2.05) is 0 Å². The number of benzene rings is 1. The van der Waals surface area contributed by atoms with Gasteiger partial charge in [-0.3, -0.25) is 19.2 Å². The number of amides is 1. The fraction of sp³-hybridized carbons (Fsp3) is 0.417. The number of nitro benzene ring substituents is 1. The van der Waals surface area contributed by atoms with Gasteiger partial charge in [-0.2, -0.15) is 8.42 Å². The van der Waals surface area contributed by atoms with Gasteiger partial charge in [0.2, 0.25) is 0 Å². The van der Waals surface area contributed by atoms with E-state index in [9.17, 15) is 23.3 Å². The summed E-state index contributed by atoms with van der Waals surface area (Å²) in [5.41, 5.74) is 0.215. The van der Waals surface area contributed by atoms with E-state index in [0.29, 0.717) is 10.0 Å². The maximum Gasteiger partial charge on any atom is 0.414 e. The van der Waals surface area contributed by atoms with E-state index in [-0.39, 0.29) is 24.3 Å². The number of fused-ring (bicyclic) bond motifs is 1. The van der Waals surface area contributed by atoms with E-state index in [2.05, 4.69) is 20.7 Å². The summed E-state index contributed by atoms with van der Waals surface area (Å²) in [6.45, 7) is -0.171. The summed E-state index contributed by atoms with van der Waals surface area (Å²) in [5.74, 6) is 0. The van der Waals surface area contributed by atoms with Crippen molar-refractivity contribution in [2.45, 2.75) is 12.5 Å². The third-order valence-electron chi connectivity index (χ3n) is 3.14. The highest BCUT2D eigenvalue weighted by atomic mass is 79.9. The number of rotatable bonds is 3. The Morgan fingerprint density at radius 2 is 2.13 bits per heavy atom. The summed E-state index contributed by atoms with van der Waals surface area (Å²) in [4.78, 5) is 23.6. The molecule has 23 heavy (non-hydrogen) atoms. The van der Waals surface area contributed by atoms with Crippen LogP contribution >= 0.6 is 15.9 Å². The van der Waals surface area contributed by atoms with Crippen LogP contribution in [0.15, 0.2) is 16.6 Å². The molecular formula is C12H13BrN2O7S. The average Bonchev–Trinajstić information content (AvgIpc) is 2.42. The van der Waals surface area contributed by atoms with Crippen LogP contribution in [0.5, 0.6) is 0 Å². The first-order valence-electron chi connectivity index (χ1n) is 6.33. The van der Waals surface area contributed by atoms with Crippen LogP contribution in [0.3, 0.4) is 0 Å². The molecule has 0 N–H and O–H groups in total. The minimum absolute atomic E-state index is 0.0819. The zero-order valence-corrected chi connectivity index (χ0v) is 14.6. The first-order chi connectivity index (χ1) is 10.6. The maximum absolute atomic E-state index is 12.0. The molecule has 1 amide bonds. The van der Waals surface area contributed by atoms with Crippen molar-refractivity contribution in [3.63, 3.8) is 0 Å². The van der Waals surface area contributed by atoms with Gasteiger partial charge in [-0.1, -0.05) is 15.9 Å². The number of halogens is 1. The fourth-order valence-corrected chi connectivity index (χ4v) is 3.56. The number of methoxy groups -OCH3 is 1. The highest BCUT2D eigenvalue weighted by Gasteiger charge is 2.37. The maximum atomic E-state index is 12.0. The van der Waals surface area contributed by atoms with E-state index in [1.165, 1.54) is 6.07 Å². The van der Waals surface area contributed by atoms with Crippen molar-refractivity contribution in [3.8, 4) is 0 Å². The molecular weight excluding hydrogens is 396 g/mol. The third-order valence-corrected chi connectivity index (χ3v) is 4.22. The highest BCUT2D eigenvalue weighted by molar-refractivity contribution is 9.10. The van der Waals surface area contributed by atoms with Crippen LogP contribution in [0.4, 0.5) is 16.2 Å². The van der Waals surface area contributed by atoms with E-state index in [4.69, 9.17) is 4.18 Å². The molecule has 0 saturated heterocycles. The van der Waals surface area contributed by atoms with Gasteiger partial charge in [-0.25, -0.2) is 4.79 Å². The molecule has 1 aromatic rings. The second-order valence-corrected chi connectivity index (χ2v) is 7.41. The topological polar surface area (TPSA) is 116 Å². The normalized spacial score (nSPS) is 17.5. The number of carbonyl (C=O) groups is 1. The quantitative estimate of drug-likeness (QED) is 0.425. The monoisotopic (exact) mass is 408 g/mol. The molecule has 11 heteroatoms. The molecule has 0 saturated carbocycles. The summed E-state index contributed by atoms with van der Waals surface area (Å²) < 4.78 is 32.7. The summed E-state index contributed by atoms with van der Waals surface area (Å²) >= 11 is 3.17. The molecule has 0 aromatic heterocycles. The van der Waals surface area contributed by atoms with Gasteiger partial charge < -0.3 is 4.74 Å². The summed E-state index contributed by atoms with van der Waals surface area (Å²) in [7, 11) is -2.61. The Balaban J connectivity index is 2.56. The first-order valence-corrected chi connectivity index (χ1v) is 8.94. The molecule has 0 radical (unpaired) electrons. The van der Waals surface area contributed by atoms with Crippen LogP contribution in [0.25, 0.3) is 0 Å². The van der Waals surface area contributed by atoms with Gasteiger partial charge in [0.15, 0.2) is 0 Å². The summed E-state index contributed by atoms with van der Waals surface area (Å²) in [6.07, 6.45) is -0.686. The lowest BCUT2D eigenvalue weighted by Crippen LogP contribution is -2.44. The molecule has 1 atom stereocenters. The molecule has 1 aliphatic heterocycles. The van der Waals surface area contributed by atoms with Crippen molar-refractivity contribution in [2.24, 2.45) is 0 Å². The second kappa shape index (κ2) is 6.42. The van der Waals surface area contributed by atoms with Gasteiger partial charge in [0.1, 0.15) is 5.69 Å². The van der Waals surface area contributed by atoms with Crippen LogP contribution in [-0.4, -0.2) is 45.4 Å². The predicted octanol–water partition coefficient (Wildman–Crippen LogP) is 1.83. The average molecular weight is 409 g/mol. The Bertz CT molecular complexity index is 765. The molecule has 2 rings (SSSR count). The van der Waals surface area contributed by atoms with Crippen molar-refractivity contribution in [2.75, 3.05) is 24.8 Å². The molecule has 0 bridgehead atoms. The number of carbonyl (C=O) groups excluding carboxylic acids is 1. The Kier molecular flexibility index (Phi) is 4.92. The predicted molar refractivity (Wildman–Crippen MR) is 84.0 cm³/mol. The van der Waals surface area contributed by atoms with Crippen LogP contribution in [0.2, 0.25) is 0 Å². The van der Waals surface area contributed by atoms with Gasteiger partial charge in [-0.15, -0.1) is 0 Å². The lowest BCUT2D eigenvalue weighted by molar-refractivity contribution is -0.384. The molecule has 0 aliphatic carbocycles. The van der Waals surface area contributed by atoms with Crippen molar-refractivity contribution in [3.05, 3.63) is 32.3 Å². The lowest BCUT2D eigenvalue weighted by atomic mass is 9.99. The van der Waals surface area contributed by atoms with E-state index >= 15 is 0 Å². The van der Waals surface area contributed by atoms with Crippen LogP contribution < -0.4 is 4.90 Å². The minimum atomic E-state index is -3.74. The second-order valence-electron chi connectivity index (χ2n) is 4.90. The Morgan fingerprint density at radius 3 is 2.65 bits per heavy atom. The zero-order valence-electron chi connectivity index (χ0n) is 12.2. The van der Waals surface area contributed by atoms with Gasteiger partial charge in [-0.05, 0) is 11.6 Å². The lowest BCUT2D eigenvalue weighted by Gasteiger charge is -2.32. The van der Waals surface area contributed by atoms with E-state index in [1.54, 1.807) is 6.07 Å². The number of hydrogen-bond donors (Lipinski definition) is 0. The van der Waals surface area contributed by atoms with Crippen LogP contribution in [0, 0.1) is 10.1 Å². The van der Waals surface area contributed by atoms with Crippen LogP contribution in [-0.2, 0) is 25.5 Å². The smallest absolute Gasteiger partial charge is 0.414 e. The van der Waals surface area contributed by atoms with Crippen molar-refractivity contribution >= 4 is 43.5 Å².